The Bertz CT molecular complexity index is 477. The van der Waals surface area contributed by atoms with E-state index in [1.807, 2.05) is 0 Å². The fourth-order valence-electron chi connectivity index (χ4n) is 0. The fourth-order valence-corrected chi connectivity index (χ4v) is 0. The van der Waals surface area contributed by atoms with Gasteiger partial charge in [-0.05, 0) is 0 Å². The Labute approximate surface area is 145 Å². The maximum absolute atomic E-state index is 8.74. The first-order valence-corrected chi connectivity index (χ1v) is 8.38. The van der Waals surface area contributed by atoms with Crippen molar-refractivity contribution in [2.45, 2.75) is 0 Å². The van der Waals surface area contributed by atoms with E-state index in [2.05, 4.69) is 0 Å². The standard InChI is InChI=1S/2Fe.4H2O4S/c;;4*1-5(2,3)4/h;;4*(H2,1,2,3,4). The van der Waals surface area contributed by atoms with Crippen LogP contribution in [0.1, 0.15) is 0 Å². The number of hydrogen-bond donors (Lipinski definition) is 8. The van der Waals surface area contributed by atoms with Crippen molar-refractivity contribution in [3.63, 3.8) is 0 Å². The van der Waals surface area contributed by atoms with Crippen molar-refractivity contribution in [2.75, 3.05) is 0 Å². The zero-order valence-corrected chi connectivity index (χ0v) is 14.7. The first-order chi connectivity index (χ1) is 8.00. The molecule has 0 aliphatic carbocycles. The van der Waals surface area contributed by atoms with Gasteiger partial charge in [-0.3, -0.25) is 36.4 Å². The molecule has 0 rings (SSSR count). The van der Waals surface area contributed by atoms with Crippen molar-refractivity contribution in [3.8, 4) is 0 Å². The van der Waals surface area contributed by atoms with Gasteiger partial charge in [-0.1, -0.05) is 0 Å². The minimum Gasteiger partial charge on any atom is -0.264 e. The molecule has 0 spiro atoms. The van der Waals surface area contributed by atoms with Crippen LogP contribution >= 0.6 is 0 Å². The Kier molecular flexibility index (Phi) is 26.2. The van der Waals surface area contributed by atoms with Crippen LogP contribution in [-0.4, -0.2) is 70.1 Å². The van der Waals surface area contributed by atoms with Crippen LogP contribution in [0.2, 0.25) is 0 Å². The molecule has 0 aromatic rings. The summed E-state index contributed by atoms with van der Waals surface area (Å²) in [5.74, 6) is 0. The van der Waals surface area contributed by atoms with Gasteiger partial charge in [0, 0.05) is 34.1 Å². The van der Waals surface area contributed by atoms with Gasteiger partial charge >= 0.3 is 41.6 Å². The molecule has 0 heterocycles. The summed E-state index contributed by atoms with van der Waals surface area (Å²) in [7, 11) is -18.7. The van der Waals surface area contributed by atoms with Crippen molar-refractivity contribution in [3.05, 3.63) is 0 Å². The molecule has 0 aliphatic heterocycles. The third kappa shape index (κ3) is 29000. The van der Waals surface area contributed by atoms with E-state index in [4.69, 9.17) is 70.1 Å². The van der Waals surface area contributed by atoms with E-state index in [1.165, 1.54) is 0 Å². The smallest absolute Gasteiger partial charge is 0.264 e. The molecule has 0 aromatic carbocycles. The van der Waals surface area contributed by atoms with Gasteiger partial charge in [-0.25, -0.2) is 0 Å². The molecule has 0 bridgehead atoms. The van der Waals surface area contributed by atoms with Crippen molar-refractivity contribution < 1.29 is 104 Å². The molecule has 0 atom stereocenters. The van der Waals surface area contributed by atoms with E-state index < -0.39 is 41.6 Å². The van der Waals surface area contributed by atoms with Crippen molar-refractivity contribution in [2.24, 2.45) is 0 Å². The number of rotatable bonds is 0. The minimum absolute atomic E-state index is 0. The van der Waals surface area contributed by atoms with E-state index in [9.17, 15) is 0 Å². The van der Waals surface area contributed by atoms with Gasteiger partial charge in [-0.2, -0.15) is 33.7 Å². The van der Waals surface area contributed by atoms with Crippen LogP contribution in [0.25, 0.3) is 0 Å². The molecule has 0 aliphatic rings. The van der Waals surface area contributed by atoms with E-state index >= 15 is 0 Å². The van der Waals surface area contributed by atoms with Crippen molar-refractivity contribution >= 4 is 41.6 Å². The zero-order valence-electron chi connectivity index (χ0n) is 9.18. The van der Waals surface area contributed by atoms with Gasteiger partial charge in [0.25, 0.3) is 0 Å². The Balaban J connectivity index is -0.0000000376. The van der Waals surface area contributed by atoms with Gasteiger partial charge in [0.05, 0.1) is 0 Å². The van der Waals surface area contributed by atoms with E-state index in [-0.39, 0.29) is 34.1 Å². The molecular formula is H8Fe2O16S4. The summed E-state index contributed by atoms with van der Waals surface area (Å²) in [6.07, 6.45) is 0. The molecule has 0 saturated heterocycles. The predicted molar refractivity (Wildman–Crippen MR) is 56.7 cm³/mol. The number of hydrogen-bond acceptors (Lipinski definition) is 8. The summed E-state index contributed by atoms with van der Waals surface area (Å²) >= 11 is 0. The third-order valence-corrected chi connectivity index (χ3v) is 0. The Morgan fingerprint density at radius 3 is 0.318 bits per heavy atom. The van der Waals surface area contributed by atoms with E-state index in [0.29, 0.717) is 0 Å². The van der Waals surface area contributed by atoms with Crippen LogP contribution in [0.5, 0.6) is 0 Å². The van der Waals surface area contributed by atoms with Gasteiger partial charge in [0.15, 0.2) is 0 Å². The average molecular weight is 504 g/mol. The summed E-state index contributed by atoms with van der Waals surface area (Å²) < 4.78 is 126. The SMILES string of the molecule is O=S(=O)(O)O.O=S(=O)(O)O.O=S(=O)(O)O.O=S(=O)(O)O.[Fe].[Fe]. The maximum Gasteiger partial charge on any atom is 0.394 e. The van der Waals surface area contributed by atoms with Gasteiger partial charge in [0.1, 0.15) is 0 Å². The van der Waals surface area contributed by atoms with Gasteiger partial charge in [0.2, 0.25) is 0 Å². The summed E-state index contributed by atoms with van der Waals surface area (Å²) in [4.78, 5) is 0. The van der Waals surface area contributed by atoms with E-state index in [1.54, 1.807) is 0 Å². The van der Waals surface area contributed by atoms with E-state index in [0.717, 1.165) is 0 Å². The quantitative estimate of drug-likeness (QED) is 0.124. The molecular weight excluding hydrogens is 496 g/mol. The molecule has 0 saturated carbocycles. The minimum atomic E-state index is -4.67. The normalized spacial score (nSPS) is 10.5. The second-order valence-corrected chi connectivity index (χ2v) is 5.37. The molecule has 0 unspecified atom stereocenters. The van der Waals surface area contributed by atoms with Gasteiger partial charge < -0.3 is 0 Å². The van der Waals surface area contributed by atoms with Crippen LogP contribution < -0.4 is 0 Å². The first-order valence-electron chi connectivity index (χ1n) is 2.79. The average Bonchev–Trinajstić information content (AvgIpc) is 1.62. The largest absolute Gasteiger partial charge is 0.394 e. The fraction of sp³-hybridized carbons (Fsp3) is 0. The maximum atomic E-state index is 8.74. The summed E-state index contributed by atoms with van der Waals surface area (Å²) in [6.45, 7) is 0. The molecule has 0 fully saturated rings. The molecule has 0 radical (unpaired) electrons. The second kappa shape index (κ2) is 15.1. The third-order valence-electron chi connectivity index (χ3n) is 0. The van der Waals surface area contributed by atoms with Crippen molar-refractivity contribution in [1.29, 1.82) is 0 Å². The van der Waals surface area contributed by atoms with Crippen LogP contribution in [-0.2, 0) is 75.7 Å². The molecule has 22 heavy (non-hydrogen) atoms. The Morgan fingerprint density at radius 1 is 0.318 bits per heavy atom. The first kappa shape index (κ1) is 38.2. The molecule has 144 valence electrons. The molecule has 8 N–H and O–H groups in total. The Morgan fingerprint density at radius 2 is 0.318 bits per heavy atom. The topological polar surface area (TPSA) is 298 Å². The van der Waals surface area contributed by atoms with Gasteiger partial charge in [-0.15, -0.1) is 0 Å². The molecule has 22 heteroatoms. The summed E-state index contributed by atoms with van der Waals surface area (Å²) in [6, 6.07) is 0. The van der Waals surface area contributed by atoms with Crippen LogP contribution in [0, 0.1) is 0 Å². The molecule has 0 amide bonds. The van der Waals surface area contributed by atoms with Crippen molar-refractivity contribution in [1.82, 2.24) is 0 Å². The Hall–Kier alpha value is 0.519. The zero-order chi connectivity index (χ0) is 18.0. The summed E-state index contributed by atoms with van der Waals surface area (Å²) in [5, 5.41) is 0. The predicted octanol–water partition coefficient (Wildman–Crippen LogP) is -2.62. The summed E-state index contributed by atoms with van der Waals surface area (Å²) in [5.41, 5.74) is 0. The van der Waals surface area contributed by atoms with Crippen LogP contribution in [0.4, 0.5) is 0 Å². The molecule has 0 aromatic heterocycles. The monoisotopic (exact) mass is 504 g/mol. The van der Waals surface area contributed by atoms with Crippen LogP contribution in [0.15, 0.2) is 0 Å². The van der Waals surface area contributed by atoms with Crippen LogP contribution in [0.3, 0.4) is 0 Å². The molecule has 16 nitrogen and oxygen atoms in total. The second-order valence-electron chi connectivity index (χ2n) is 1.79.